The zero-order valence-electron chi connectivity index (χ0n) is 16.8. The number of ether oxygens (including phenoxy) is 2. The van der Waals surface area contributed by atoms with Crippen molar-refractivity contribution in [2.75, 3.05) is 31.8 Å². The maximum Gasteiger partial charge on any atom is 0.281 e. The third-order valence-electron chi connectivity index (χ3n) is 5.12. The van der Waals surface area contributed by atoms with Crippen LogP contribution in [0.25, 0.3) is 0 Å². The minimum atomic E-state index is -0.992. The van der Waals surface area contributed by atoms with Gasteiger partial charge in [-0.25, -0.2) is 0 Å². The fourth-order valence-electron chi connectivity index (χ4n) is 3.45. The second-order valence-corrected chi connectivity index (χ2v) is 7.62. The van der Waals surface area contributed by atoms with Crippen LogP contribution < -0.4 is 14.4 Å². The zero-order chi connectivity index (χ0) is 22.0. The second kappa shape index (κ2) is 8.97. The molecule has 8 nitrogen and oxygen atoms in total. The third-order valence-corrected chi connectivity index (χ3v) is 5.37. The maximum atomic E-state index is 13.1. The first kappa shape index (κ1) is 21.2. The molecule has 9 heteroatoms. The van der Waals surface area contributed by atoms with Crippen molar-refractivity contribution in [2.45, 2.75) is 12.0 Å². The molecule has 2 heterocycles. The smallest absolute Gasteiger partial charge is 0.281 e. The molecule has 0 aromatic heterocycles. The lowest BCUT2D eigenvalue weighted by Crippen LogP contribution is -2.39. The molecule has 0 aliphatic carbocycles. The highest BCUT2D eigenvalue weighted by molar-refractivity contribution is 6.30. The lowest BCUT2D eigenvalue weighted by atomic mass is 10.0. The van der Waals surface area contributed by atoms with Gasteiger partial charge in [0, 0.05) is 17.0 Å². The number of fused-ring (bicyclic) bond motifs is 1. The molecule has 2 N–H and O–H groups in total. The third kappa shape index (κ3) is 4.36. The first-order valence-corrected chi connectivity index (χ1v) is 10.1. The summed E-state index contributed by atoms with van der Waals surface area (Å²) in [7, 11) is 1.48. The monoisotopic (exact) mass is 443 g/mol. The highest BCUT2D eigenvalue weighted by atomic mass is 35.5. The van der Waals surface area contributed by atoms with E-state index >= 15 is 0 Å². The van der Waals surface area contributed by atoms with E-state index in [2.05, 4.69) is 5.10 Å². The van der Waals surface area contributed by atoms with Crippen LogP contribution in [0.2, 0.25) is 5.02 Å². The highest BCUT2D eigenvalue weighted by Gasteiger charge is 2.35. The molecule has 2 aliphatic heterocycles. The molecule has 0 radical (unpaired) electrons. The fraction of sp³-hybridized carbons (Fsp3) is 0.273. The van der Waals surface area contributed by atoms with Crippen molar-refractivity contribution < 1.29 is 24.5 Å². The van der Waals surface area contributed by atoms with Gasteiger partial charge in [0.25, 0.3) is 5.91 Å². The van der Waals surface area contributed by atoms with Crippen molar-refractivity contribution in [2.24, 2.45) is 5.10 Å². The van der Waals surface area contributed by atoms with Gasteiger partial charge in [0.15, 0.2) is 11.5 Å². The van der Waals surface area contributed by atoms with Crippen LogP contribution in [0.1, 0.15) is 11.5 Å². The number of benzene rings is 2. The molecule has 2 aliphatic rings. The van der Waals surface area contributed by atoms with E-state index in [1.54, 1.807) is 23.2 Å². The van der Waals surface area contributed by atoms with Crippen LogP contribution in [0.3, 0.4) is 0 Å². The number of hydrogen-bond acceptors (Lipinski definition) is 7. The average molecular weight is 444 g/mol. The van der Waals surface area contributed by atoms with Crippen LogP contribution >= 0.6 is 11.6 Å². The summed E-state index contributed by atoms with van der Waals surface area (Å²) in [4.78, 5) is 14.6. The van der Waals surface area contributed by atoms with Crippen molar-refractivity contribution in [3.63, 3.8) is 0 Å². The van der Waals surface area contributed by atoms with Crippen molar-refractivity contribution in [1.29, 1.82) is 0 Å². The number of anilines is 1. The van der Waals surface area contributed by atoms with Gasteiger partial charge in [0.2, 0.25) is 0 Å². The van der Waals surface area contributed by atoms with Gasteiger partial charge in [0.05, 0.1) is 25.9 Å². The molecule has 0 fully saturated rings. The van der Waals surface area contributed by atoms with E-state index in [1.807, 2.05) is 30.3 Å². The molecule has 0 saturated heterocycles. The normalized spacial score (nSPS) is 18.6. The largest absolute Gasteiger partial charge is 0.493 e. The Hall–Kier alpha value is -3.07. The summed E-state index contributed by atoms with van der Waals surface area (Å²) in [6.07, 6.45) is 2.41. The van der Waals surface area contributed by atoms with E-state index in [0.29, 0.717) is 34.5 Å². The van der Waals surface area contributed by atoms with Gasteiger partial charge in [-0.1, -0.05) is 23.7 Å². The number of hydrogen-bond donors (Lipinski definition) is 2. The lowest BCUT2D eigenvalue weighted by Gasteiger charge is -2.28. The summed E-state index contributed by atoms with van der Waals surface area (Å²) in [6.45, 7) is 0.0995. The first-order valence-electron chi connectivity index (χ1n) is 9.72. The standard InChI is InChI=1S/C22H22ClN3O5/c1-30-21-9-17(6-7-20(21)31-12-18(28)11-27)25-13-24-26-10-15(8-19(26)22(25)29)14-2-4-16(23)5-3-14/h2-9,13,15,18,27-28H,10-12H2,1H3. The molecular formula is C22H22ClN3O5. The van der Waals surface area contributed by atoms with E-state index < -0.39 is 12.7 Å². The number of methoxy groups -OCH3 is 1. The predicted molar refractivity (Wildman–Crippen MR) is 117 cm³/mol. The van der Waals surface area contributed by atoms with E-state index in [4.69, 9.17) is 26.2 Å². The second-order valence-electron chi connectivity index (χ2n) is 7.18. The summed E-state index contributed by atoms with van der Waals surface area (Å²) >= 11 is 5.98. The molecule has 31 heavy (non-hydrogen) atoms. The molecule has 0 spiro atoms. The molecule has 1 amide bonds. The van der Waals surface area contributed by atoms with Gasteiger partial charge in [0.1, 0.15) is 24.7 Å². The van der Waals surface area contributed by atoms with Crippen molar-refractivity contribution in [3.8, 4) is 11.5 Å². The van der Waals surface area contributed by atoms with Crippen LogP contribution in [-0.2, 0) is 4.79 Å². The average Bonchev–Trinajstić information content (AvgIpc) is 3.23. The van der Waals surface area contributed by atoms with Crippen LogP contribution in [0.15, 0.2) is 59.3 Å². The number of carbonyl (C=O) groups excluding carboxylic acids is 1. The molecule has 2 unspecified atom stereocenters. The summed E-state index contributed by atoms with van der Waals surface area (Å²) < 4.78 is 10.9. The van der Waals surface area contributed by atoms with Crippen molar-refractivity contribution in [1.82, 2.24) is 5.01 Å². The Morgan fingerprint density at radius 2 is 2.00 bits per heavy atom. The molecule has 0 bridgehead atoms. The van der Waals surface area contributed by atoms with Gasteiger partial charge >= 0.3 is 0 Å². The quantitative estimate of drug-likeness (QED) is 0.682. The van der Waals surface area contributed by atoms with Crippen molar-refractivity contribution in [3.05, 3.63) is 64.8 Å². The number of aliphatic hydroxyl groups excluding tert-OH is 2. The number of hydrazone groups is 1. The Balaban J connectivity index is 1.55. The molecule has 0 saturated carbocycles. The van der Waals surface area contributed by atoms with Crippen molar-refractivity contribution >= 4 is 29.5 Å². The Labute approximate surface area is 184 Å². The number of aliphatic hydroxyl groups is 2. The minimum Gasteiger partial charge on any atom is -0.493 e. The number of carbonyl (C=O) groups is 1. The van der Waals surface area contributed by atoms with E-state index in [0.717, 1.165) is 5.56 Å². The highest BCUT2D eigenvalue weighted by Crippen LogP contribution is 2.36. The summed E-state index contributed by atoms with van der Waals surface area (Å²) in [5.74, 6) is 0.629. The van der Waals surface area contributed by atoms with Gasteiger partial charge < -0.3 is 19.7 Å². The Morgan fingerprint density at radius 3 is 2.71 bits per heavy atom. The van der Waals surface area contributed by atoms with Gasteiger partial charge in [-0.3, -0.25) is 14.7 Å². The van der Waals surface area contributed by atoms with E-state index in [1.165, 1.54) is 18.3 Å². The minimum absolute atomic E-state index is 0.0385. The van der Waals surface area contributed by atoms with Gasteiger partial charge in [-0.15, -0.1) is 0 Å². The summed E-state index contributed by atoms with van der Waals surface area (Å²) in [6, 6.07) is 12.6. The Kier molecular flexibility index (Phi) is 6.13. The van der Waals surface area contributed by atoms with E-state index in [-0.39, 0.29) is 18.4 Å². The zero-order valence-corrected chi connectivity index (χ0v) is 17.6. The number of halogens is 1. The van der Waals surface area contributed by atoms with Crippen LogP contribution in [0, 0.1) is 0 Å². The Morgan fingerprint density at radius 1 is 1.23 bits per heavy atom. The number of amides is 1. The number of rotatable bonds is 7. The maximum absolute atomic E-state index is 13.1. The van der Waals surface area contributed by atoms with Crippen LogP contribution in [-0.4, -0.2) is 60.4 Å². The summed E-state index contributed by atoms with van der Waals surface area (Å²) in [5, 5.41) is 25.2. The van der Waals surface area contributed by atoms with Gasteiger partial charge in [-0.2, -0.15) is 5.10 Å². The lowest BCUT2D eigenvalue weighted by molar-refractivity contribution is -0.115. The predicted octanol–water partition coefficient (Wildman–Crippen LogP) is 2.35. The summed E-state index contributed by atoms with van der Waals surface area (Å²) in [5.41, 5.74) is 2.14. The molecule has 162 valence electrons. The molecule has 2 atom stereocenters. The van der Waals surface area contributed by atoms with E-state index in [9.17, 15) is 9.90 Å². The van der Waals surface area contributed by atoms with Crippen LogP contribution in [0.4, 0.5) is 5.69 Å². The number of nitrogens with zero attached hydrogens (tertiary/aromatic N) is 3. The Bertz CT molecular complexity index is 1020. The first-order chi connectivity index (χ1) is 15.0. The SMILES string of the molecule is COc1cc(N2C=NN3CC(c4ccc(Cl)cc4)C=C3C2=O)ccc1OCC(O)CO. The molecule has 4 rings (SSSR count). The molecule has 2 aromatic carbocycles. The van der Waals surface area contributed by atoms with Gasteiger partial charge in [-0.05, 0) is 35.9 Å². The topological polar surface area (TPSA) is 94.8 Å². The fourth-order valence-corrected chi connectivity index (χ4v) is 3.58. The van der Waals surface area contributed by atoms with Crippen LogP contribution in [0.5, 0.6) is 11.5 Å². The molecular weight excluding hydrogens is 422 g/mol. The molecule has 2 aromatic rings.